The second kappa shape index (κ2) is 6.98. The number of carbonyl (C=O) groups excluding carboxylic acids is 1. The molecule has 0 saturated heterocycles. The lowest BCUT2D eigenvalue weighted by Gasteiger charge is -2.04. The summed E-state index contributed by atoms with van der Waals surface area (Å²) in [6.45, 7) is 2.67. The molecule has 7 nitrogen and oxygen atoms in total. The van der Waals surface area contributed by atoms with Crippen molar-refractivity contribution >= 4 is 23.1 Å². The molecule has 0 unspecified atom stereocenters. The predicted molar refractivity (Wildman–Crippen MR) is 79.7 cm³/mol. The zero-order valence-electron chi connectivity index (χ0n) is 11.8. The van der Waals surface area contributed by atoms with E-state index in [1.807, 2.05) is 0 Å². The van der Waals surface area contributed by atoms with Crippen LogP contribution in [0.3, 0.4) is 0 Å². The van der Waals surface area contributed by atoms with E-state index in [1.165, 1.54) is 28.3 Å². The van der Waals surface area contributed by atoms with Gasteiger partial charge in [-0.3, -0.25) is 4.79 Å². The normalized spacial score (nSPS) is 10.4. The minimum Gasteiger partial charge on any atom is -0.461 e. The van der Waals surface area contributed by atoms with Gasteiger partial charge in [-0.15, -0.1) is 11.3 Å². The average molecular weight is 308 g/mol. The molecule has 1 N–H and O–H groups in total. The van der Waals surface area contributed by atoms with Crippen LogP contribution in [0.4, 0.5) is 5.82 Å². The Hall–Kier alpha value is -2.22. The van der Waals surface area contributed by atoms with Gasteiger partial charge in [0.25, 0.3) is 5.56 Å². The number of hydrogen-bond acceptors (Lipinski definition) is 7. The third kappa shape index (κ3) is 4.12. The smallest absolute Gasteiger partial charge is 0.357 e. The zero-order valence-corrected chi connectivity index (χ0v) is 12.6. The summed E-state index contributed by atoms with van der Waals surface area (Å²) in [4.78, 5) is 31.2. The Bertz CT molecular complexity index is 680. The van der Waals surface area contributed by atoms with E-state index in [9.17, 15) is 9.59 Å². The van der Waals surface area contributed by atoms with Gasteiger partial charge in [-0.1, -0.05) is 0 Å². The first-order valence-electron chi connectivity index (χ1n) is 6.48. The molecule has 0 aliphatic rings. The van der Waals surface area contributed by atoms with Crippen molar-refractivity contribution in [3.63, 3.8) is 0 Å². The lowest BCUT2D eigenvalue weighted by molar-refractivity contribution is 0.0520. The van der Waals surface area contributed by atoms with Gasteiger partial charge in [0.05, 0.1) is 17.9 Å². The maximum atomic E-state index is 11.5. The van der Waals surface area contributed by atoms with E-state index in [1.54, 1.807) is 19.4 Å². The van der Waals surface area contributed by atoms with Crippen molar-refractivity contribution in [2.75, 3.05) is 18.5 Å². The van der Waals surface area contributed by atoms with Crippen LogP contribution in [-0.2, 0) is 18.2 Å². The first-order chi connectivity index (χ1) is 10.1. The Morgan fingerprint density at radius 1 is 1.52 bits per heavy atom. The number of nitrogens with zero attached hydrogens (tertiary/aromatic N) is 3. The van der Waals surface area contributed by atoms with Gasteiger partial charge in [-0.2, -0.15) is 0 Å². The lowest BCUT2D eigenvalue weighted by atomic mass is 10.4. The Morgan fingerprint density at radius 2 is 2.33 bits per heavy atom. The van der Waals surface area contributed by atoms with Crippen LogP contribution in [0.2, 0.25) is 0 Å². The summed E-state index contributed by atoms with van der Waals surface area (Å²) in [5, 5.41) is 5.56. The van der Waals surface area contributed by atoms with Gasteiger partial charge in [0.1, 0.15) is 5.82 Å². The van der Waals surface area contributed by atoms with Crippen LogP contribution in [0.5, 0.6) is 0 Å². The first-order valence-corrected chi connectivity index (χ1v) is 7.36. The van der Waals surface area contributed by atoms with E-state index in [4.69, 9.17) is 4.74 Å². The van der Waals surface area contributed by atoms with Gasteiger partial charge in [-0.05, 0) is 6.92 Å². The molecule has 0 saturated carbocycles. The minimum absolute atomic E-state index is 0.119. The van der Waals surface area contributed by atoms with Gasteiger partial charge in [0.2, 0.25) is 0 Å². The number of hydrogen-bond donors (Lipinski definition) is 1. The number of ether oxygens (including phenoxy) is 1. The molecule has 2 heterocycles. The number of aryl methyl sites for hydroxylation is 1. The molecule has 0 amide bonds. The molecule has 0 spiro atoms. The summed E-state index contributed by atoms with van der Waals surface area (Å²) >= 11 is 1.41. The number of thiazole rings is 1. The summed E-state index contributed by atoms with van der Waals surface area (Å²) < 4.78 is 6.28. The highest BCUT2D eigenvalue weighted by Gasteiger charge is 2.11. The number of rotatable bonds is 6. The van der Waals surface area contributed by atoms with Crippen molar-refractivity contribution in [3.8, 4) is 0 Å². The van der Waals surface area contributed by atoms with Crippen molar-refractivity contribution in [1.29, 1.82) is 0 Å². The summed E-state index contributed by atoms with van der Waals surface area (Å²) in [5.41, 5.74) is 0.218. The Labute approximate surface area is 125 Å². The third-order valence-electron chi connectivity index (χ3n) is 2.66. The molecule has 8 heteroatoms. The van der Waals surface area contributed by atoms with Gasteiger partial charge in [0.15, 0.2) is 5.69 Å². The molecule has 0 bridgehead atoms. The standard InChI is InChI=1S/C13H16N4O3S/c1-3-20-13(19)9-7-21-11(16-9)4-5-14-10-6-12(18)17(2)8-15-10/h6-8,14H,3-5H2,1-2H3. The van der Waals surface area contributed by atoms with Gasteiger partial charge in [-0.25, -0.2) is 14.8 Å². The SMILES string of the molecule is CCOC(=O)c1csc(CCNc2cc(=O)n(C)cn2)n1. The maximum absolute atomic E-state index is 11.5. The van der Waals surface area contributed by atoms with Crippen LogP contribution < -0.4 is 10.9 Å². The van der Waals surface area contributed by atoms with E-state index in [-0.39, 0.29) is 5.56 Å². The highest BCUT2D eigenvalue weighted by molar-refractivity contribution is 7.09. The molecule has 0 fully saturated rings. The third-order valence-corrected chi connectivity index (χ3v) is 3.57. The summed E-state index contributed by atoms with van der Waals surface area (Å²) in [6, 6.07) is 1.44. The summed E-state index contributed by atoms with van der Waals surface area (Å²) in [6.07, 6.45) is 2.11. The Morgan fingerprint density at radius 3 is 3.05 bits per heavy atom. The van der Waals surface area contributed by atoms with E-state index >= 15 is 0 Å². The van der Waals surface area contributed by atoms with Crippen molar-refractivity contribution in [3.05, 3.63) is 38.8 Å². The van der Waals surface area contributed by atoms with Gasteiger partial charge >= 0.3 is 5.97 Å². The lowest BCUT2D eigenvalue weighted by Crippen LogP contribution is -2.18. The van der Waals surface area contributed by atoms with E-state index in [0.717, 1.165) is 5.01 Å². The van der Waals surface area contributed by atoms with Crippen LogP contribution in [0, 0.1) is 0 Å². The molecule has 0 aliphatic heterocycles. The quantitative estimate of drug-likeness (QED) is 0.803. The van der Waals surface area contributed by atoms with Crippen molar-refractivity contribution < 1.29 is 9.53 Å². The molecule has 21 heavy (non-hydrogen) atoms. The minimum atomic E-state index is -0.402. The largest absolute Gasteiger partial charge is 0.461 e. The molecule has 2 aromatic heterocycles. The Balaban J connectivity index is 1.87. The van der Waals surface area contributed by atoms with Gasteiger partial charge < -0.3 is 14.6 Å². The fourth-order valence-electron chi connectivity index (χ4n) is 1.58. The fourth-order valence-corrected chi connectivity index (χ4v) is 2.35. The molecule has 0 aromatic carbocycles. The van der Waals surface area contributed by atoms with Crippen molar-refractivity contribution in [2.45, 2.75) is 13.3 Å². The molecule has 0 atom stereocenters. The van der Waals surface area contributed by atoms with E-state index in [2.05, 4.69) is 15.3 Å². The second-order valence-corrected chi connectivity index (χ2v) is 5.19. The van der Waals surface area contributed by atoms with Crippen LogP contribution >= 0.6 is 11.3 Å². The van der Waals surface area contributed by atoms with Crippen LogP contribution in [0.15, 0.2) is 22.6 Å². The Kier molecular flexibility index (Phi) is 5.04. The van der Waals surface area contributed by atoms with Crippen LogP contribution in [-0.4, -0.2) is 33.7 Å². The van der Waals surface area contributed by atoms with Crippen LogP contribution in [0.1, 0.15) is 22.4 Å². The predicted octanol–water partition coefficient (Wildman–Crippen LogP) is 1.07. The topological polar surface area (TPSA) is 86.1 Å². The molecule has 2 aromatic rings. The van der Waals surface area contributed by atoms with Crippen molar-refractivity contribution in [2.24, 2.45) is 7.05 Å². The second-order valence-electron chi connectivity index (χ2n) is 4.25. The van der Waals surface area contributed by atoms with E-state index < -0.39 is 5.97 Å². The molecular weight excluding hydrogens is 292 g/mol. The molecule has 112 valence electrons. The van der Waals surface area contributed by atoms with Gasteiger partial charge in [0, 0.05) is 31.5 Å². The van der Waals surface area contributed by atoms with E-state index in [0.29, 0.717) is 31.1 Å². The number of esters is 1. The number of carbonyl (C=O) groups is 1. The molecular formula is C13H16N4O3S. The number of anilines is 1. The highest BCUT2D eigenvalue weighted by Crippen LogP contribution is 2.11. The average Bonchev–Trinajstić information content (AvgIpc) is 2.92. The molecule has 0 aliphatic carbocycles. The van der Waals surface area contributed by atoms with Crippen LogP contribution in [0.25, 0.3) is 0 Å². The first kappa shape index (κ1) is 15.2. The van der Waals surface area contributed by atoms with Crippen molar-refractivity contribution in [1.82, 2.24) is 14.5 Å². The number of nitrogens with one attached hydrogen (secondary N) is 1. The molecule has 2 rings (SSSR count). The monoisotopic (exact) mass is 308 g/mol. The maximum Gasteiger partial charge on any atom is 0.357 e. The fraction of sp³-hybridized carbons (Fsp3) is 0.385. The highest BCUT2D eigenvalue weighted by atomic mass is 32.1. The number of aromatic nitrogens is 3. The zero-order chi connectivity index (χ0) is 15.2. The molecule has 0 radical (unpaired) electrons. The summed E-state index contributed by atoms with van der Waals surface area (Å²) in [7, 11) is 1.64. The summed E-state index contributed by atoms with van der Waals surface area (Å²) in [5.74, 6) is 0.126.